The van der Waals surface area contributed by atoms with E-state index in [1.165, 1.54) is 12.0 Å². The van der Waals surface area contributed by atoms with E-state index in [0.717, 1.165) is 31.5 Å². The number of phenolic OH excluding ortho intramolecular Hbond substituents is 1. The predicted molar refractivity (Wildman–Crippen MR) is 68.7 cm³/mol. The number of aryl methyl sites for hydroxylation is 1. The van der Waals surface area contributed by atoms with Crippen LogP contribution in [0.4, 0.5) is 0 Å². The third-order valence-corrected chi connectivity index (χ3v) is 3.60. The quantitative estimate of drug-likeness (QED) is 0.840. The SMILES string of the molecule is CCc1ccc(OC)c(O)c1CC1CCNC1. The topological polar surface area (TPSA) is 41.5 Å². The number of hydrogen-bond acceptors (Lipinski definition) is 3. The van der Waals surface area contributed by atoms with Gasteiger partial charge in [-0.1, -0.05) is 13.0 Å². The molecule has 94 valence electrons. The molecule has 1 aliphatic rings. The Bertz CT molecular complexity index is 384. The summed E-state index contributed by atoms with van der Waals surface area (Å²) >= 11 is 0. The molecule has 0 aliphatic carbocycles. The van der Waals surface area contributed by atoms with Gasteiger partial charge in [0.05, 0.1) is 7.11 Å². The van der Waals surface area contributed by atoms with Gasteiger partial charge in [-0.15, -0.1) is 0 Å². The summed E-state index contributed by atoms with van der Waals surface area (Å²) in [5.74, 6) is 1.56. The zero-order valence-corrected chi connectivity index (χ0v) is 10.6. The highest BCUT2D eigenvalue weighted by atomic mass is 16.5. The van der Waals surface area contributed by atoms with E-state index in [4.69, 9.17) is 4.74 Å². The summed E-state index contributed by atoms with van der Waals surface area (Å²) in [7, 11) is 1.60. The van der Waals surface area contributed by atoms with Crippen LogP contribution in [0.1, 0.15) is 24.5 Å². The highest BCUT2D eigenvalue weighted by Gasteiger charge is 2.20. The zero-order valence-electron chi connectivity index (χ0n) is 10.6. The van der Waals surface area contributed by atoms with Crippen LogP contribution in [0, 0.1) is 5.92 Å². The molecule has 1 aromatic carbocycles. The molecule has 2 rings (SSSR count). The van der Waals surface area contributed by atoms with Crippen molar-refractivity contribution in [3.8, 4) is 11.5 Å². The molecule has 3 heteroatoms. The van der Waals surface area contributed by atoms with Crippen LogP contribution >= 0.6 is 0 Å². The van der Waals surface area contributed by atoms with Gasteiger partial charge in [0.2, 0.25) is 0 Å². The van der Waals surface area contributed by atoms with Crippen molar-refractivity contribution in [2.75, 3.05) is 20.2 Å². The van der Waals surface area contributed by atoms with E-state index >= 15 is 0 Å². The van der Waals surface area contributed by atoms with Crippen LogP contribution in [0.5, 0.6) is 11.5 Å². The van der Waals surface area contributed by atoms with E-state index in [1.54, 1.807) is 7.11 Å². The van der Waals surface area contributed by atoms with E-state index in [9.17, 15) is 5.11 Å². The molecule has 0 spiro atoms. The van der Waals surface area contributed by atoms with Gasteiger partial charge in [-0.2, -0.15) is 0 Å². The number of phenols is 1. The second kappa shape index (κ2) is 5.41. The molecule has 1 fully saturated rings. The van der Waals surface area contributed by atoms with Crippen molar-refractivity contribution in [1.29, 1.82) is 0 Å². The lowest BCUT2D eigenvalue weighted by Gasteiger charge is -2.16. The van der Waals surface area contributed by atoms with Crippen molar-refractivity contribution < 1.29 is 9.84 Å². The lowest BCUT2D eigenvalue weighted by atomic mass is 9.93. The van der Waals surface area contributed by atoms with Crippen molar-refractivity contribution in [3.05, 3.63) is 23.3 Å². The Hall–Kier alpha value is -1.22. The average Bonchev–Trinajstić information content (AvgIpc) is 2.84. The molecule has 1 unspecified atom stereocenters. The van der Waals surface area contributed by atoms with Gasteiger partial charge in [0.25, 0.3) is 0 Å². The molecule has 0 aromatic heterocycles. The highest BCUT2D eigenvalue weighted by Crippen LogP contribution is 2.34. The Balaban J connectivity index is 2.27. The molecular formula is C14H21NO2. The normalized spacial score (nSPS) is 19.5. The van der Waals surface area contributed by atoms with Crippen LogP contribution in [0.2, 0.25) is 0 Å². The molecule has 17 heavy (non-hydrogen) atoms. The third-order valence-electron chi connectivity index (χ3n) is 3.60. The first-order chi connectivity index (χ1) is 8.26. The van der Waals surface area contributed by atoms with Crippen molar-refractivity contribution in [3.63, 3.8) is 0 Å². The molecule has 0 bridgehead atoms. The van der Waals surface area contributed by atoms with Gasteiger partial charge in [0.15, 0.2) is 11.5 Å². The fourth-order valence-electron chi connectivity index (χ4n) is 2.56. The third kappa shape index (κ3) is 2.55. The second-order valence-electron chi connectivity index (χ2n) is 4.67. The van der Waals surface area contributed by atoms with Crippen molar-refractivity contribution >= 4 is 0 Å². The molecule has 1 aliphatic heterocycles. The number of ether oxygens (including phenoxy) is 1. The number of aromatic hydroxyl groups is 1. The van der Waals surface area contributed by atoms with Crippen molar-refractivity contribution in [1.82, 2.24) is 5.32 Å². The summed E-state index contributed by atoms with van der Waals surface area (Å²) in [6, 6.07) is 3.92. The molecule has 1 atom stereocenters. The number of rotatable bonds is 4. The summed E-state index contributed by atoms with van der Waals surface area (Å²) in [5, 5.41) is 13.6. The lowest BCUT2D eigenvalue weighted by Crippen LogP contribution is -2.12. The Morgan fingerprint density at radius 1 is 1.47 bits per heavy atom. The second-order valence-corrected chi connectivity index (χ2v) is 4.67. The smallest absolute Gasteiger partial charge is 0.161 e. The van der Waals surface area contributed by atoms with Gasteiger partial charge in [-0.05, 0) is 49.9 Å². The first kappa shape index (κ1) is 12.2. The van der Waals surface area contributed by atoms with Crippen molar-refractivity contribution in [2.24, 2.45) is 5.92 Å². The monoisotopic (exact) mass is 235 g/mol. The van der Waals surface area contributed by atoms with E-state index in [2.05, 4.69) is 18.3 Å². The van der Waals surface area contributed by atoms with Crippen LogP contribution < -0.4 is 10.1 Å². The summed E-state index contributed by atoms with van der Waals surface area (Å²) in [5.41, 5.74) is 2.30. The van der Waals surface area contributed by atoms with Gasteiger partial charge < -0.3 is 15.2 Å². The molecule has 0 saturated carbocycles. The van der Waals surface area contributed by atoms with Gasteiger partial charge in [-0.3, -0.25) is 0 Å². The van der Waals surface area contributed by atoms with Gasteiger partial charge >= 0.3 is 0 Å². The molecule has 1 saturated heterocycles. The number of hydrogen-bond donors (Lipinski definition) is 2. The molecule has 1 aromatic rings. The average molecular weight is 235 g/mol. The Morgan fingerprint density at radius 3 is 2.88 bits per heavy atom. The molecule has 0 amide bonds. The minimum absolute atomic E-state index is 0.332. The molecule has 1 heterocycles. The van der Waals surface area contributed by atoms with Crippen LogP contribution in [0.3, 0.4) is 0 Å². The Kier molecular flexibility index (Phi) is 3.89. The number of methoxy groups -OCH3 is 1. The highest BCUT2D eigenvalue weighted by molar-refractivity contribution is 5.50. The first-order valence-corrected chi connectivity index (χ1v) is 6.34. The maximum absolute atomic E-state index is 10.2. The van der Waals surface area contributed by atoms with E-state index in [-0.39, 0.29) is 0 Å². The predicted octanol–water partition coefficient (Wildman–Crippen LogP) is 2.12. The fraction of sp³-hybridized carbons (Fsp3) is 0.571. The summed E-state index contributed by atoms with van der Waals surface area (Å²) in [4.78, 5) is 0. The summed E-state index contributed by atoms with van der Waals surface area (Å²) in [6.07, 6.45) is 3.09. The molecular weight excluding hydrogens is 214 g/mol. The summed E-state index contributed by atoms with van der Waals surface area (Å²) < 4.78 is 5.18. The Morgan fingerprint density at radius 2 is 2.29 bits per heavy atom. The maximum atomic E-state index is 10.2. The van der Waals surface area contributed by atoms with E-state index < -0.39 is 0 Å². The zero-order chi connectivity index (χ0) is 12.3. The minimum atomic E-state index is 0.332. The van der Waals surface area contributed by atoms with E-state index in [0.29, 0.717) is 17.4 Å². The first-order valence-electron chi connectivity index (χ1n) is 6.34. The maximum Gasteiger partial charge on any atom is 0.161 e. The van der Waals surface area contributed by atoms with Crippen LogP contribution in [-0.4, -0.2) is 25.3 Å². The standard InChI is InChI=1S/C14H21NO2/c1-3-11-4-5-13(17-2)14(16)12(11)8-10-6-7-15-9-10/h4-5,10,15-16H,3,6-9H2,1-2H3. The largest absolute Gasteiger partial charge is 0.504 e. The number of nitrogens with one attached hydrogen (secondary N) is 1. The van der Waals surface area contributed by atoms with Crippen LogP contribution in [0.15, 0.2) is 12.1 Å². The van der Waals surface area contributed by atoms with Gasteiger partial charge in [0, 0.05) is 5.56 Å². The van der Waals surface area contributed by atoms with Crippen LogP contribution in [-0.2, 0) is 12.8 Å². The molecule has 0 radical (unpaired) electrons. The number of benzene rings is 1. The van der Waals surface area contributed by atoms with Gasteiger partial charge in [-0.25, -0.2) is 0 Å². The van der Waals surface area contributed by atoms with Crippen molar-refractivity contribution in [2.45, 2.75) is 26.2 Å². The summed E-state index contributed by atoms with van der Waals surface area (Å²) in [6.45, 7) is 4.27. The fourth-order valence-corrected chi connectivity index (χ4v) is 2.56. The van der Waals surface area contributed by atoms with Gasteiger partial charge in [0.1, 0.15) is 0 Å². The minimum Gasteiger partial charge on any atom is -0.504 e. The van der Waals surface area contributed by atoms with Crippen LogP contribution in [0.25, 0.3) is 0 Å². The molecule has 3 nitrogen and oxygen atoms in total. The lowest BCUT2D eigenvalue weighted by molar-refractivity contribution is 0.368. The van der Waals surface area contributed by atoms with E-state index in [1.807, 2.05) is 6.07 Å². The molecule has 2 N–H and O–H groups in total. The Labute approximate surface area is 103 Å².